The van der Waals surface area contributed by atoms with Crippen molar-refractivity contribution in [1.29, 1.82) is 0 Å². The van der Waals surface area contributed by atoms with E-state index in [2.05, 4.69) is 10.5 Å². The quantitative estimate of drug-likeness (QED) is 0.502. The number of rotatable bonds is 9. The number of anilines is 1. The minimum Gasteiger partial charge on any atom is -0.353 e. The molecule has 3 heterocycles. The number of aromatic nitrogens is 1. The van der Waals surface area contributed by atoms with Gasteiger partial charge in [0, 0.05) is 31.2 Å². The Labute approximate surface area is 207 Å². The molecule has 0 bridgehead atoms. The van der Waals surface area contributed by atoms with E-state index in [1.165, 1.54) is 18.2 Å². The lowest BCUT2D eigenvalue weighted by molar-refractivity contribution is -0.170. The number of sulfonamides is 1. The highest BCUT2D eigenvalue weighted by atomic mass is 32.2. The maximum atomic E-state index is 13.3. The van der Waals surface area contributed by atoms with Crippen LogP contribution >= 0.6 is 0 Å². The number of carbonyl (C=O) groups excluding carboxylic acids is 1. The molecule has 0 radical (unpaired) electrons. The van der Waals surface area contributed by atoms with Gasteiger partial charge in [0.05, 0.1) is 23.8 Å². The van der Waals surface area contributed by atoms with Crippen LogP contribution in [-0.4, -0.2) is 81.1 Å². The molecule has 3 rings (SSSR count). The smallest absolute Gasteiger partial charge is 0.247 e. The van der Waals surface area contributed by atoms with Crippen molar-refractivity contribution in [2.24, 2.45) is 0 Å². The van der Waals surface area contributed by atoms with Crippen LogP contribution in [0.3, 0.4) is 0 Å². The SMILES string of the molecule is CC(C)(COC1CCCCO1)c1cc(NC(=O)C(C)(C)S(=O)(=O)C2CCN(S(C)(=O)=O)CC2)on1. The van der Waals surface area contributed by atoms with Gasteiger partial charge in [0.25, 0.3) is 0 Å². The fourth-order valence-electron chi connectivity index (χ4n) is 4.15. The predicted molar refractivity (Wildman–Crippen MR) is 130 cm³/mol. The Morgan fingerprint density at radius 2 is 1.80 bits per heavy atom. The van der Waals surface area contributed by atoms with Crippen LogP contribution in [0.15, 0.2) is 10.6 Å². The highest BCUT2D eigenvalue weighted by molar-refractivity contribution is 7.94. The molecular formula is C22H37N3O8S2. The number of hydrogen-bond donors (Lipinski definition) is 1. The van der Waals surface area contributed by atoms with Crippen LogP contribution in [0.25, 0.3) is 0 Å². The summed E-state index contributed by atoms with van der Waals surface area (Å²) in [6, 6.07) is 1.57. The largest absolute Gasteiger partial charge is 0.353 e. The third-order valence-electron chi connectivity index (χ3n) is 6.78. The van der Waals surface area contributed by atoms with Gasteiger partial charge >= 0.3 is 0 Å². The Balaban J connectivity index is 1.62. The zero-order chi connectivity index (χ0) is 26.1. The van der Waals surface area contributed by atoms with E-state index < -0.39 is 41.2 Å². The first kappa shape index (κ1) is 28.0. The van der Waals surface area contributed by atoms with Crippen LogP contribution in [0.4, 0.5) is 5.88 Å². The van der Waals surface area contributed by atoms with Gasteiger partial charge in [-0.25, -0.2) is 21.1 Å². The van der Waals surface area contributed by atoms with Crippen molar-refractivity contribution in [3.8, 4) is 0 Å². The van der Waals surface area contributed by atoms with Crippen molar-refractivity contribution >= 4 is 31.7 Å². The lowest BCUT2D eigenvalue weighted by atomic mass is 9.90. The molecule has 2 saturated heterocycles. The molecule has 2 fully saturated rings. The molecule has 0 spiro atoms. The van der Waals surface area contributed by atoms with Gasteiger partial charge in [-0.1, -0.05) is 19.0 Å². The van der Waals surface area contributed by atoms with Crippen molar-refractivity contribution in [3.63, 3.8) is 0 Å². The minimum atomic E-state index is -3.92. The summed E-state index contributed by atoms with van der Waals surface area (Å²) in [6.45, 7) is 7.78. The normalized spacial score (nSPS) is 21.7. The zero-order valence-corrected chi connectivity index (χ0v) is 22.7. The lowest BCUT2D eigenvalue weighted by Gasteiger charge is -2.34. The molecule has 0 saturated carbocycles. The van der Waals surface area contributed by atoms with Crippen molar-refractivity contribution in [3.05, 3.63) is 11.8 Å². The highest BCUT2D eigenvalue weighted by Crippen LogP contribution is 2.31. The molecule has 0 aliphatic carbocycles. The third kappa shape index (κ3) is 6.43. The van der Waals surface area contributed by atoms with E-state index in [9.17, 15) is 21.6 Å². The fraction of sp³-hybridized carbons (Fsp3) is 0.818. The van der Waals surface area contributed by atoms with Gasteiger partial charge in [-0.15, -0.1) is 0 Å². The maximum absolute atomic E-state index is 13.3. The molecule has 2 aliphatic rings. The third-order valence-corrected chi connectivity index (χ3v) is 11.0. The second-order valence-electron chi connectivity index (χ2n) is 10.4. The van der Waals surface area contributed by atoms with E-state index in [-0.39, 0.29) is 38.1 Å². The van der Waals surface area contributed by atoms with Gasteiger partial charge in [0.1, 0.15) is 4.75 Å². The summed E-state index contributed by atoms with van der Waals surface area (Å²) in [5.41, 5.74) is 0.0278. The Morgan fingerprint density at radius 1 is 1.14 bits per heavy atom. The van der Waals surface area contributed by atoms with Crippen LogP contribution < -0.4 is 5.32 Å². The van der Waals surface area contributed by atoms with E-state index >= 15 is 0 Å². The van der Waals surface area contributed by atoms with E-state index in [1.54, 1.807) is 6.07 Å². The van der Waals surface area contributed by atoms with Crippen LogP contribution in [0.5, 0.6) is 0 Å². The van der Waals surface area contributed by atoms with Crippen molar-refractivity contribution in [2.45, 2.75) is 81.5 Å². The first-order valence-corrected chi connectivity index (χ1v) is 15.2. The first-order chi connectivity index (χ1) is 16.1. The van der Waals surface area contributed by atoms with Gasteiger partial charge in [-0.05, 0) is 46.0 Å². The number of sulfone groups is 1. The summed E-state index contributed by atoms with van der Waals surface area (Å²) in [6.07, 6.45) is 4.05. The summed E-state index contributed by atoms with van der Waals surface area (Å²) in [5.74, 6) is -0.697. The van der Waals surface area contributed by atoms with Crippen molar-refractivity contribution in [2.75, 3.05) is 37.9 Å². The molecule has 1 amide bonds. The molecule has 1 N–H and O–H groups in total. The molecular weight excluding hydrogens is 498 g/mol. The maximum Gasteiger partial charge on any atom is 0.247 e. The van der Waals surface area contributed by atoms with Gasteiger partial charge in [0.15, 0.2) is 16.1 Å². The van der Waals surface area contributed by atoms with Gasteiger partial charge in [0.2, 0.25) is 21.8 Å². The highest BCUT2D eigenvalue weighted by Gasteiger charge is 2.47. The summed E-state index contributed by atoms with van der Waals surface area (Å²) >= 11 is 0. The van der Waals surface area contributed by atoms with E-state index in [1.807, 2.05) is 13.8 Å². The summed E-state index contributed by atoms with van der Waals surface area (Å²) < 4.78 is 66.3. The lowest BCUT2D eigenvalue weighted by Crippen LogP contribution is -2.52. The van der Waals surface area contributed by atoms with Crippen LogP contribution in [0.2, 0.25) is 0 Å². The number of carbonyl (C=O) groups is 1. The molecule has 35 heavy (non-hydrogen) atoms. The summed E-state index contributed by atoms with van der Waals surface area (Å²) in [4.78, 5) is 13.0. The standard InChI is InChI=1S/C22H37N3O8S2/c1-21(2,15-32-19-8-6-7-13-31-19)17-14-18(33-24-17)23-20(26)22(3,4)35(29,30)16-9-11-25(12-10-16)34(5,27)28/h14,16,19H,6-13,15H2,1-5H3,(H,23,26). The van der Waals surface area contributed by atoms with E-state index in [4.69, 9.17) is 14.0 Å². The summed E-state index contributed by atoms with van der Waals surface area (Å²) in [7, 11) is -7.31. The van der Waals surface area contributed by atoms with Gasteiger partial charge in [-0.3, -0.25) is 10.1 Å². The summed E-state index contributed by atoms with van der Waals surface area (Å²) in [5, 5.41) is 5.77. The van der Waals surface area contributed by atoms with Crippen LogP contribution in [0, 0.1) is 0 Å². The van der Waals surface area contributed by atoms with Crippen LogP contribution in [-0.2, 0) is 39.5 Å². The fourth-order valence-corrected chi connectivity index (χ4v) is 7.00. The number of nitrogens with one attached hydrogen (secondary N) is 1. The number of amides is 1. The van der Waals surface area contributed by atoms with Gasteiger partial charge in [-0.2, -0.15) is 0 Å². The van der Waals surface area contributed by atoms with Crippen LogP contribution in [0.1, 0.15) is 65.5 Å². The second-order valence-corrected chi connectivity index (χ2v) is 15.2. The van der Waals surface area contributed by atoms with Crippen molar-refractivity contribution < 1.29 is 35.6 Å². The number of ether oxygens (including phenoxy) is 2. The molecule has 1 unspecified atom stereocenters. The number of nitrogens with zero attached hydrogens (tertiary/aromatic N) is 2. The molecule has 13 heteroatoms. The molecule has 1 atom stereocenters. The average Bonchev–Trinajstić information content (AvgIpc) is 3.27. The zero-order valence-electron chi connectivity index (χ0n) is 21.1. The monoisotopic (exact) mass is 535 g/mol. The topological polar surface area (TPSA) is 145 Å². The average molecular weight is 536 g/mol. The van der Waals surface area contributed by atoms with E-state index in [0.717, 1.165) is 25.5 Å². The number of hydrogen-bond acceptors (Lipinski definition) is 9. The second kappa shape index (κ2) is 10.4. The Bertz CT molecular complexity index is 1100. The molecule has 1 aromatic rings. The minimum absolute atomic E-state index is 0.0437. The molecule has 11 nitrogen and oxygen atoms in total. The molecule has 0 aromatic carbocycles. The van der Waals surface area contributed by atoms with E-state index in [0.29, 0.717) is 18.9 Å². The predicted octanol–water partition coefficient (Wildman–Crippen LogP) is 2.05. The molecule has 200 valence electrons. The number of piperidine rings is 1. The Kier molecular flexibility index (Phi) is 8.37. The Hall–Kier alpha value is -1.54. The van der Waals surface area contributed by atoms with Crippen molar-refractivity contribution in [1.82, 2.24) is 9.46 Å². The first-order valence-electron chi connectivity index (χ1n) is 11.8. The molecule has 1 aromatic heterocycles. The molecule has 2 aliphatic heterocycles. The van der Waals surface area contributed by atoms with Gasteiger partial charge < -0.3 is 14.0 Å². The Morgan fingerprint density at radius 3 is 2.37 bits per heavy atom.